The lowest BCUT2D eigenvalue weighted by Crippen LogP contribution is -2.09. The third-order valence-corrected chi connectivity index (χ3v) is 1.59. The highest BCUT2D eigenvalue weighted by Gasteiger charge is 2.10. The van der Waals surface area contributed by atoms with E-state index in [0.29, 0.717) is 5.75 Å². The summed E-state index contributed by atoms with van der Waals surface area (Å²) in [4.78, 5) is 0. The van der Waals surface area contributed by atoms with Crippen LogP contribution in [0, 0.1) is 0 Å². The van der Waals surface area contributed by atoms with E-state index in [1.165, 1.54) is 6.08 Å². The van der Waals surface area contributed by atoms with E-state index in [4.69, 9.17) is 4.74 Å². The maximum absolute atomic E-state index is 12.6. The van der Waals surface area contributed by atoms with E-state index >= 15 is 0 Å². The minimum atomic E-state index is -1.29. The first kappa shape index (κ1) is 6.40. The molecule has 0 N–H and O–H groups in total. The summed E-state index contributed by atoms with van der Waals surface area (Å²) in [5, 5.41) is 0. The summed E-state index contributed by atoms with van der Waals surface area (Å²) >= 11 is 0. The molecule has 1 aliphatic heterocycles. The van der Waals surface area contributed by atoms with E-state index in [-0.39, 0.29) is 0 Å². The fraction of sp³-hybridized carbons (Fsp3) is 0.111. The second-order valence-corrected chi connectivity index (χ2v) is 2.37. The van der Waals surface area contributed by atoms with Crippen molar-refractivity contribution in [2.24, 2.45) is 0 Å². The Morgan fingerprint density at radius 3 is 3.00 bits per heavy atom. The molecule has 1 unspecified atom stereocenters. The van der Waals surface area contributed by atoms with Crippen LogP contribution in [0.2, 0.25) is 0 Å². The van der Waals surface area contributed by atoms with Crippen LogP contribution in [-0.2, 0) is 0 Å². The smallest absolute Gasteiger partial charge is 0.257 e. The number of fused-ring (bicyclic) bond motifs is 1. The number of halogens is 1. The van der Waals surface area contributed by atoms with Crippen LogP contribution in [0.15, 0.2) is 30.3 Å². The van der Waals surface area contributed by atoms with Crippen molar-refractivity contribution in [3.05, 3.63) is 35.9 Å². The van der Waals surface area contributed by atoms with Gasteiger partial charge in [-0.05, 0) is 18.2 Å². The molecule has 0 amide bonds. The van der Waals surface area contributed by atoms with Crippen LogP contribution in [0.4, 0.5) is 4.39 Å². The molecule has 1 atom stereocenters. The van der Waals surface area contributed by atoms with Crippen LogP contribution in [-0.4, -0.2) is 6.36 Å². The van der Waals surface area contributed by atoms with Crippen LogP contribution in [0.25, 0.3) is 6.08 Å². The lowest BCUT2D eigenvalue weighted by atomic mass is 10.1. The van der Waals surface area contributed by atoms with Gasteiger partial charge in [-0.3, -0.25) is 0 Å². The van der Waals surface area contributed by atoms with Gasteiger partial charge in [-0.25, -0.2) is 0 Å². The van der Waals surface area contributed by atoms with Crippen molar-refractivity contribution >= 4 is 6.08 Å². The molecule has 0 spiro atoms. The van der Waals surface area contributed by atoms with Crippen LogP contribution in [0.3, 0.4) is 0 Å². The summed E-state index contributed by atoms with van der Waals surface area (Å²) in [5.41, 5.74) is 0.932. The third-order valence-electron chi connectivity index (χ3n) is 1.59. The van der Waals surface area contributed by atoms with E-state index in [2.05, 4.69) is 0 Å². The van der Waals surface area contributed by atoms with Gasteiger partial charge in [0.2, 0.25) is 0 Å². The highest BCUT2D eigenvalue weighted by Crippen LogP contribution is 2.25. The topological polar surface area (TPSA) is 9.23 Å². The molecule has 2 rings (SSSR count). The molecule has 1 aromatic rings. The molecule has 56 valence electrons. The van der Waals surface area contributed by atoms with E-state index in [1.807, 2.05) is 18.2 Å². The zero-order valence-electron chi connectivity index (χ0n) is 5.83. The second-order valence-electron chi connectivity index (χ2n) is 2.37. The van der Waals surface area contributed by atoms with Gasteiger partial charge < -0.3 is 4.74 Å². The molecule has 1 nitrogen and oxygen atoms in total. The predicted octanol–water partition coefficient (Wildman–Crippen LogP) is 2.39. The summed E-state index contributed by atoms with van der Waals surface area (Å²) in [6.07, 6.45) is 1.83. The molecule has 2 heteroatoms. The minimum Gasteiger partial charge on any atom is -0.456 e. The van der Waals surface area contributed by atoms with Crippen LogP contribution in [0.5, 0.6) is 5.75 Å². The fourth-order valence-corrected chi connectivity index (χ4v) is 1.07. The number of ether oxygens (including phenoxy) is 1. The number of benzene rings is 1. The largest absolute Gasteiger partial charge is 0.456 e. The molecule has 0 radical (unpaired) electrons. The first-order valence-electron chi connectivity index (χ1n) is 3.44. The van der Waals surface area contributed by atoms with Crippen molar-refractivity contribution in [3.8, 4) is 5.75 Å². The van der Waals surface area contributed by atoms with Gasteiger partial charge in [0.05, 0.1) is 0 Å². The number of hydrogen-bond acceptors (Lipinski definition) is 1. The molecule has 0 aromatic heterocycles. The summed E-state index contributed by atoms with van der Waals surface area (Å²) in [6, 6.07) is 7.36. The van der Waals surface area contributed by atoms with Crippen molar-refractivity contribution < 1.29 is 9.13 Å². The molecule has 0 saturated carbocycles. The maximum Gasteiger partial charge on any atom is 0.257 e. The van der Waals surface area contributed by atoms with Crippen molar-refractivity contribution in [2.45, 2.75) is 6.36 Å². The monoisotopic (exact) mass is 150 g/mol. The standard InChI is InChI=1S/C9H7FO/c10-9-6-5-7-3-1-2-4-8(7)11-9/h1-6,9H. The summed E-state index contributed by atoms with van der Waals surface area (Å²) in [7, 11) is 0. The van der Waals surface area contributed by atoms with Crippen LogP contribution in [0.1, 0.15) is 5.56 Å². The Kier molecular flexibility index (Phi) is 1.39. The quantitative estimate of drug-likeness (QED) is 0.551. The normalized spacial score (nSPS) is 20.6. The van der Waals surface area contributed by atoms with Gasteiger partial charge in [-0.2, -0.15) is 4.39 Å². The molecular formula is C9H7FO. The Balaban J connectivity index is 2.46. The zero-order valence-corrected chi connectivity index (χ0v) is 5.83. The summed E-state index contributed by atoms with van der Waals surface area (Å²) in [5.74, 6) is 0.613. The molecule has 0 bridgehead atoms. The molecule has 0 saturated heterocycles. The van der Waals surface area contributed by atoms with Gasteiger partial charge >= 0.3 is 0 Å². The number of rotatable bonds is 0. The molecule has 0 fully saturated rings. The lowest BCUT2D eigenvalue weighted by Gasteiger charge is -2.14. The zero-order chi connectivity index (χ0) is 7.68. The first-order valence-corrected chi connectivity index (χ1v) is 3.44. The van der Waals surface area contributed by atoms with Gasteiger partial charge in [0, 0.05) is 5.56 Å². The minimum absolute atomic E-state index is 0.613. The first-order chi connectivity index (χ1) is 5.36. The van der Waals surface area contributed by atoms with Crippen LogP contribution >= 0.6 is 0 Å². The highest BCUT2D eigenvalue weighted by atomic mass is 19.1. The number of hydrogen-bond donors (Lipinski definition) is 0. The lowest BCUT2D eigenvalue weighted by molar-refractivity contribution is 0.111. The van der Waals surface area contributed by atoms with Crippen molar-refractivity contribution in [1.29, 1.82) is 0 Å². The molecular weight excluding hydrogens is 143 g/mol. The fourth-order valence-electron chi connectivity index (χ4n) is 1.07. The van der Waals surface area contributed by atoms with Gasteiger partial charge in [0.1, 0.15) is 5.75 Å². The van der Waals surface area contributed by atoms with Gasteiger partial charge in [0.15, 0.2) is 0 Å². The van der Waals surface area contributed by atoms with E-state index in [9.17, 15) is 4.39 Å². The third kappa shape index (κ3) is 1.11. The van der Waals surface area contributed by atoms with Gasteiger partial charge in [-0.1, -0.05) is 18.2 Å². The van der Waals surface area contributed by atoms with E-state index in [0.717, 1.165) is 5.56 Å². The van der Waals surface area contributed by atoms with Crippen molar-refractivity contribution in [3.63, 3.8) is 0 Å². The Morgan fingerprint density at radius 1 is 1.27 bits per heavy atom. The maximum atomic E-state index is 12.6. The summed E-state index contributed by atoms with van der Waals surface area (Å²) in [6.45, 7) is 0. The number of para-hydroxylation sites is 1. The van der Waals surface area contributed by atoms with Crippen molar-refractivity contribution in [2.75, 3.05) is 0 Å². The number of alkyl halides is 1. The Labute approximate surface area is 64.1 Å². The summed E-state index contributed by atoms with van der Waals surface area (Å²) < 4.78 is 17.4. The SMILES string of the molecule is FC1C=Cc2ccccc2O1. The van der Waals surface area contributed by atoms with E-state index in [1.54, 1.807) is 12.1 Å². The molecule has 11 heavy (non-hydrogen) atoms. The van der Waals surface area contributed by atoms with Crippen molar-refractivity contribution in [1.82, 2.24) is 0 Å². The molecule has 1 aliphatic rings. The van der Waals surface area contributed by atoms with Crippen LogP contribution < -0.4 is 4.74 Å². The Hall–Kier alpha value is -1.31. The predicted molar refractivity (Wildman–Crippen MR) is 41.0 cm³/mol. The second kappa shape index (κ2) is 2.38. The Bertz CT molecular complexity index is 293. The van der Waals surface area contributed by atoms with Gasteiger partial charge in [0.25, 0.3) is 6.36 Å². The Morgan fingerprint density at radius 2 is 2.09 bits per heavy atom. The van der Waals surface area contributed by atoms with E-state index < -0.39 is 6.36 Å². The van der Waals surface area contributed by atoms with Gasteiger partial charge in [-0.15, -0.1) is 0 Å². The highest BCUT2D eigenvalue weighted by molar-refractivity contribution is 5.59. The average Bonchev–Trinajstić information content (AvgIpc) is 2.04. The molecule has 1 aromatic carbocycles. The molecule has 0 aliphatic carbocycles. The average molecular weight is 150 g/mol. The molecule has 1 heterocycles.